The van der Waals surface area contributed by atoms with Crippen LogP contribution in [0.15, 0.2) is 46.2 Å². The van der Waals surface area contributed by atoms with E-state index in [0.717, 1.165) is 17.5 Å². The van der Waals surface area contributed by atoms with Gasteiger partial charge in [-0.3, -0.25) is 14.2 Å². The summed E-state index contributed by atoms with van der Waals surface area (Å²) < 4.78 is 1.44. The Labute approximate surface area is 174 Å². The summed E-state index contributed by atoms with van der Waals surface area (Å²) in [4.78, 5) is 34.1. The highest BCUT2D eigenvalue weighted by Gasteiger charge is 2.24. The van der Waals surface area contributed by atoms with Crippen LogP contribution in [0.3, 0.4) is 0 Å². The number of Topliss-reactive ketones (excluding diaryl/α,β-unsaturated/α-hetero) is 1. The van der Waals surface area contributed by atoms with Gasteiger partial charge in [0, 0.05) is 22.6 Å². The van der Waals surface area contributed by atoms with E-state index in [1.165, 1.54) is 15.9 Å². The lowest BCUT2D eigenvalue weighted by molar-refractivity contribution is -0.116. The number of thiazole rings is 1. The third-order valence-corrected chi connectivity index (χ3v) is 6.13. The Bertz CT molecular complexity index is 1160. The normalized spacial score (nSPS) is 11.9. The molecule has 9 heteroatoms. The number of thioether (sulfide) groups is 1. The van der Waals surface area contributed by atoms with Gasteiger partial charge in [-0.1, -0.05) is 29.4 Å². The number of aromatic nitrogens is 3. The Kier molecular flexibility index (Phi) is 6.29. The molecule has 0 aliphatic carbocycles. The second kappa shape index (κ2) is 8.69. The molecule has 0 radical (unpaired) electrons. The number of allylic oxidation sites excluding steroid dienone is 1. The van der Waals surface area contributed by atoms with E-state index in [4.69, 9.17) is 11.6 Å². The van der Waals surface area contributed by atoms with Crippen molar-refractivity contribution < 1.29 is 4.79 Å². The van der Waals surface area contributed by atoms with Crippen molar-refractivity contribution in [1.82, 2.24) is 14.5 Å². The first-order valence-corrected chi connectivity index (χ1v) is 10.5. The number of hydrogen-bond donors (Lipinski definition) is 0. The third-order valence-electron chi connectivity index (χ3n) is 3.87. The molecule has 1 aromatic carbocycles. The number of ketones is 1. The van der Waals surface area contributed by atoms with E-state index in [9.17, 15) is 14.9 Å². The molecule has 0 saturated heterocycles. The largest absolute Gasteiger partial charge is 0.297 e. The molecule has 0 N–H and O–H groups in total. The quantitative estimate of drug-likeness (QED) is 0.320. The number of carbonyl (C=O) groups excluding carboxylic acids is 1. The van der Waals surface area contributed by atoms with Gasteiger partial charge < -0.3 is 0 Å². The fourth-order valence-corrected chi connectivity index (χ4v) is 4.51. The predicted molar refractivity (Wildman–Crippen MR) is 112 cm³/mol. The zero-order valence-corrected chi connectivity index (χ0v) is 17.3. The van der Waals surface area contributed by atoms with Crippen LogP contribution in [0.5, 0.6) is 0 Å². The summed E-state index contributed by atoms with van der Waals surface area (Å²) in [7, 11) is 0. The molecule has 0 bridgehead atoms. The van der Waals surface area contributed by atoms with Crippen LogP contribution in [0, 0.1) is 18.3 Å². The Hall–Kier alpha value is -2.47. The number of nitrogens with zero attached hydrogens (tertiary/aromatic N) is 4. The summed E-state index contributed by atoms with van der Waals surface area (Å²) in [6.07, 6.45) is 1.59. The van der Waals surface area contributed by atoms with Gasteiger partial charge in [0.1, 0.15) is 5.01 Å². The van der Waals surface area contributed by atoms with Crippen molar-refractivity contribution >= 4 is 51.4 Å². The summed E-state index contributed by atoms with van der Waals surface area (Å²) in [5, 5.41) is 12.9. The molecule has 0 fully saturated rings. The van der Waals surface area contributed by atoms with Gasteiger partial charge in [-0.15, -0.1) is 17.9 Å². The molecule has 3 aromatic rings. The molecule has 1 unspecified atom stereocenters. The van der Waals surface area contributed by atoms with Crippen molar-refractivity contribution in [2.75, 3.05) is 5.75 Å². The van der Waals surface area contributed by atoms with E-state index in [2.05, 4.69) is 16.5 Å². The van der Waals surface area contributed by atoms with E-state index >= 15 is 0 Å². The maximum atomic E-state index is 12.8. The van der Waals surface area contributed by atoms with Gasteiger partial charge in [-0.25, -0.2) is 9.97 Å². The molecule has 6 nitrogen and oxygen atoms in total. The highest BCUT2D eigenvalue weighted by Crippen LogP contribution is 2.25. The highest BCUT2D eigenvalue weighted by molar-refractivity contribution is 7.99. The van der Waals surface area contributed by atoms with Gasteiger partial charge in [-0.05, 0) is 25.1 Å². The van der Waals surface area contributed by atoms with E-state index < -0.39 is 5.92 Å². The number of fused-ring (bicyclic) bond motifs is 1. The lowest BCUT2D eigenvalue weighted by Gasteiger charge is -2.12. The molecular formula is C19H15ClN4O2S2. The number of benzene rings is 1. The molecule has 28 heavy (non-hydrogen) atoms. The number of aryl methyl sites for hydroxylation is 1. The lowest BCUT2D eigenvalue weighted by Crippen LogP contribution is -2.23. The van der Waals surface area contributed by atoms with Crippen molar-refractivity contribution in [2.24, 2.45) is 0 Å². The average molecular weight is 431 g/mol. The SMILES string of the molecule is C=CCn1c(SCC(=O)C(C#N)c2nc(C)cs2)nc2ccc(Cl)cc2c1=O. The first-order chi connectivity index (χ1) is 13.4. The van der Waals surface area contributed by atoms with Gasteiger partial charge in [-0.2, -0.15) is 5.26 Å². The smallest absolute Gasteiger partial charge is 0.262 e. The Morgan fingerprint density at radius 2 is 2.29 bits per heavy atom. The van der Waals surface area contributed by atoms with Crippen LogP contribution in [-0.2, 0) is 11.3 Å². The monoisotopic (exact) mass is 430 g/mol. The molecule has 0 amide bonds. The van der Waals surface area contributed by atoms with Gasteiger partial charge in [0.2, 0.25) is 0 Å². The molecule has 2 heterocycles. The Morgan fingerprint density at radius 1 is 1.50 bits per heavy atom. The zero-order chi connectivity index (χ0) is 20.3. The number of hydrogen-bond acceptors (Lipinski definition) is 7. The van der Waals surface area contributed by atoms with Gasteiger partial charge in [0.25, 0.3) is 5.56 Å². The summed E-state index contributed by atoms with van der Waals surface area (Å²) >= 11 is 8.40. The summed E-state index contributed by atoms with van der Waals surface area (Å²) in [6.45, 7) is 5.74. The van der Waals surface area contributed by atoms with E-state index in [0.29, 0.717) is 26.1 Å². The highest BCUT2D eigenvalue weighted by atomic mass is 35.5. The van der Waals surface area contributed by atoms with Gasteiger partial charge in [0.15, 0.2) is 16.9 Å². The molecule has 2 aromatic heterocycles. The third kappa shape index (κ3) is 4.17. The summed E-state index contributed by atoms with van der Waals surface area (Å²) in [6, 6.07) is 6.91. The van der Waals surface area contributed by atoms with Crippen LogP contribution in [0.2, 0.25) is 5.02 Å². The minimum Gasteiger partial charge on any atom is -0.297 e. The maximum absolute atomic E-state index is 12.8. The molecule has 142 valence electrons. The number of rotatable bonds is 7. The van der Waals surface area contributed by atoms with Crippen molar-refractivity contribution in [3.8, 4) is 6.07 Å². The molecule has 1 atom stereocenters. The van der Waals surface area contributed by atoms with Gasteiger partial charge in [0.05, 0.1) is 22.7 Å². The lowest BCUT2D eigenvalue weighted by atomic mass is 10.1. The van der Waals surface area contributed by atoms with Gasteiger partial charge >= 0.3 is 0 Å². The average Bonchev–Trinajstić information content (AvgIpc) is 3.09. The van der Waals surface area contributed by atoms with Crippen molar-refractivity contribution in [3.63, 3.8) is 0 Å². The second-order valence-electron chi connectivity index (χ2n) is 5.90. The van der Waals surface area contributed by atoms with Crippen LogP contribution >= 0.6 is 34.7 Å². The van der Waals surface area contributed by atoms with Crippen molar-refractivity contribution in [2.45, 2.75) is 24.5 Å². The second-order valence-corrected chi connectivity index (χ2v) is 8.17. The maximum Gasteiger partial charge on any atom is 0.262 e. The summed E-state index contributed by atoms with van der Waals surface area (Å²) in [5.41, 5.74) is 1.02. The predicted octanol–water partition coefficient (Wildman–Crippen LogP) is 3.97. The molecule has 0 saturated carbocycles. The first-order valence-electron chi connectivity index (χ1n) is 8.22. The molecule has 0 spiro atoms. The van der Waals surface area contributed by atoms with Crippen LogP contribution in [0.25, 0.3) is 10.9 Å². The molecule has 3 rings (SSSR count). The Balaban J connectivity index is 1.91. The van der Waals surface area contributed by atoms with Crippen molar-refractivity contribution in [3.05, 3.63) is 62.3 Å². The van der Waals surface area contributed by atoms with E-state index in [-0.39, 0.29) is 23.6 Å². The summed E-state index contributed by atoms with van der Waals surface area (Å²) in [5.74, 6) is -1.21. The van der Waals surface area contributed by atoms with E-state index in [1.54, 1.807) is 29.7 Å². The van der Waals surface area contributed by atoms with E-state index in [1.807, 2.05) is 13.0 Å². The Morgan fingerprint density at radius 3 is 2.93 bits per heavy atom. The molecule has 0 aliphatic heterocycles. The molecular weight excluding hydrogens is 416 g/mol. The van der Waals surface area contributed by atoms with Crippen LogP contribution in [0.1, 0.15) is 16.6 Å². The number of carbonyl (C=O) groups is 1. The fourth-order valence-electron chi connectivity index (χ4n) is 2.56. The fraction of sp³-hybridized carbons (Fsp3) is 0.211. The van der Waals surface area contributed by atoms with Crippen LogP contribution in [-0.4, -0.2) is 26.1 Å². The standard InChI is InChI=1S/C19H15ClN4O2S2/c1-3-6-24-18(26)13-7-12(20)4-5-15(13)23-19(24)28-10-16(25)14(8-21)17-22-11(2)9-27-17/h3-5,7,9,14H,1,6,10H2,2H3. The van der Waals surface area contributed by atoms with Crippen LogP contribution < -0.4 is 5.56 Å². The van der Waals surface area contributed by atoms with Crippen LogP contribution in [0.4, 0.5) is 0 Å². The van der Waals surface area contributed by atoms with Crippen molar-refractivity contribution in [1.29, 1.82) is 5.26 Å². The number of halogens is 1. The first kappa shape index (κ1) is 20.3. The number of nitriles is 1. The minimum atomic E-state index is -0.926. The molecule has 0 aliphatic rings. The topological polar surface area (TPSA) is 88.6 Å². The zero-order valence-electron chi connectivity index (χ0n) is 14.9. The minimum absolute atomic E-state index is 0.000463.